The fraction of sp³-hybridized carbons (Fsp3) is 0.0435. The normalized spacial score (nSPS) is 12.3. The van der Waals surface area contributed by atoms with Gasteiger partial charge in [-0.3, -0.25) is 4.72 Å². The molecule has 0 aliphatic carbocycles. The Morgan fingerprint density at radius 3 is 2.21 bits per heavy atom. The van der Waals surface area contributed by atoms with E-state index in [-0.39, 0.29) is 20.8 Å². The maximum absolute atomic E-state index is 13.0. The van der Waals surface area contributed by atoms with Gasteiger partial charge in [-0.2, -0.15) is 8.42 Å². The predicted molar refractivity (Wildman–Crippen MR) is 134 cm³/mol. The minimum atomic E-state index is -4.01. The molecule has 0 spiro atoms. The van der Waals surface area contributed by atoms with Crippen molar-refractivity contribution in [1.29, 1.82) is 0 Å². The Morgan fingerprint density at radius 2 is 1.56 bits per heavy atom. The van der Waals surface area contributed by atoms with Gasteiger partial charge in [-0.05, 0) is 42.8 Å². The van der Waals surface area contributed by atoms with Gasteiger partial charge < -0.3 is 5.32 Å². The fourth-order valence-electron chi connectivity index (χ4n) is 3.06. The molecule has 3 aromatic carbocycles. The van der Waals surface area contributed by atoms with Gasteiger partial charge in [0.05, 0.1) is 9.79 Å². The lowest BCUT2D eigenvalue weighted by Crippen LogP contribution is -2.17. The van der Waals surface area contributed by atoms with E-state index in [1.54, 1.807) is 54.8 Å². The van der Waals surface area contributed by atoms with Gasteiger partial charge in [0.1, 0.15) is 0 Å². The van der Waals surface area contributed by atoms with E-state index < -0.39 is 20.0 Å². The Kier molecular flexibility index (Phi) is 6.77. The van der Waals surface area contributed by atoms with E-state index in [9.17, 15) is 16.8 Å². The number of aromatic nitrogens is 1. The zero-order valence-electron chi connectivity index (χ0n) is 17.9. The van der Waals surface area contributed by atoms with Gasteiger partial charge in [0.25, 0.3) is 20.0 Å². The largest absolute Gasteiger partial charge is 0.339 e. The van der Waals surface area contributed by atoms with Crippen molar-refractivity contribution in [2.24, 2.45) is 4.40 Å². The zero-order chi connectivity index (χ0) is 24.2. The van der Waals surface area contributed by atoms with E-state index in [1.165, 1.54) is 47.9 Å². The summed E-state index contributed by atoms with van der Waals surface area (Å²) in [6.45, 7) is 1.71. The molecule has 11 heteroatoms. The van der Waals surface area contributed by atoms with Crippen LogP contribution >= 0.6 is 11.3 Å². The molecule has 0 aliphatic rings. The molecular weight excluding hydrogens is 492 g/mol. The molecule has 4 rings (SSSR count). The summed E-state index contributed by atoms with van der Waals surface area (Å²) < 4.78 is 57.7. The van der Waals surface area contributed by atoms with Crippen molar-refractivity contribution in [2.75, 3.05) is 10.0 Å². The second kappa shape index (κ2) is 9.75. The summed E-state index contributed by atoms with van der Waals surface area (Å²) in [6, 6.07) is 21.3. The molecule has 2 N–H and O–H groups in total. The highest BCUT2D eigenvalue weighted by Gasteiger charge is 2.19. The van der Waals surface area contributed by atoms with Crippen LogP contribution < -0.4 is 10.0 Å². The molecular formula is C23H20N4O4S3. The molecule has 0 amide bonds. The van der Waals surface area contributed by atoms with E-state index in [4.69, 9.17) is 0 Å². The molecule has 0 saturated carbocycles. The van der Waals surface area contributed by atoms with E-state index in [0.717, 1.165) is 0 Å². The molecule has 174 valence electrons. The number of hydrogen-bond acceptors (Lipinski definition) is 6. The predicted octanol–water partition coefficient (Wildman–Crippen LogP) is 4.50. The Morgan fingerprint density at radius 1 is 0.882 bits per heavy atom. The molecule has 0 unspecified atom stereocenters. The van der Waals surface area contributed by atoms with Crippen molar-refractivity contribution in [3.8, 4) is 0 Å². The molecule has 1 aromatic heterocycles. The first-order valence-corrected chi connectivity index (χ1v) is 13.8. The smallest absolute Gasteiger partial charge is 0.284 e. The van der Waals surface area contributed by atoms with Crippen LogP contribution in [0.5, 0.6) is 0 Å². The van der Waals surface area contributed by atoms with E-state index in [1.807, 2.05) is 6.07 Å². The van der Waals surface area contributed by atoms with Crippen LogP contribution in [0.1, 0.15) is 11.1 Å². The standard InChI is InChI=1S/C23H20N4O4S3/c1-17-7-5-6-10-21(17)34(30,31)26-22(18-8-3-2-4-9-18)25-19-11-13-20(14-12-19)33(28,29)27-23-24-15-16-32-23/h2-16H,1H3,(H,24,27)(H,25,26). The highest BCUT2D eigenvalue weighted by atomic mass is 32.2. The number of sulfonamides is 2. The molecule has 0 aliphatic heterocycles. The number of aryl methyl sites for hydroxylation is 1. The molecule has 0 atom stereocenters. The Labute approximate surface area is 202 Å². The first-order valence-electron chi connectivity index (χ1n) is 10.00. The highest BCUT2D eigenvalue weighted by Crippen LogP contribution is 2.22. The third-order valence-electron chi connectivity index (χ3n) is 4.71. The highest BCUT2D eigenvalue weighted by molar-refractivity contribution is 7.93. The van der Waals surface area contributed by atoms with Crippen molar-refractivity contribution >= 4 is 48.0 Å². The molecule has 0 fully saturated rings. The van der Waals surface area contributed by atoms with Crippen molar-refractivity contribution in [3.05, 3.63) is 102 Å². The van der Waals surface area contributed by atoms with Gasteiger partial charge in [-0.15, -0.1) is 15.7 Å². The molecule has 0 bridgehead atoms. The number of benzene rings is 3. The topological polar surface area (TPSA) is 118 Å². The number of nitrogens with zero attached hydrogens (tertiary/aromatic N) is 2. The summed E-state index contributed by atoms with van der Waals surface area (Å²) in [5.74, 6) is 0.111. The monoisotopic (exact) mass is 512 g/mol. The number of nitrogens with one attached hydrogen (secondary N) is 2. The van der Waals surface area contributed by atoms with Gasteiger partial charge in [0.15, 0.2) is 11.0 Å². The maximum Gasteiger partial charge on any atom is 0.284 e. The van der Waals surface area contributed by atoms with Crippen LogP contribution in [0.4, 0.5) is 10.8 Å². The van der Waals surface area contributed by atoms with Crippen LogP contribution in [-0.2, 0) is 20.0 Å². The van der Waals surface area contributed by atoms with Crippen molar-refractivity contribution in [1.82, 2.24) is 4.98 Å². The zero-order valence-corrected chi connectivity index (χ0v) is 20.4. The minimum absolute atomic E-state index is 0.0407. The maximum atomic E-state index is 13.0. The second-order valence-corrected chi connectivity index (χ2v) is 11.3. The first kappa shape index (κ1) is 23.6. The van der Waals surface area contributed by atoms with Gasteiger partial charge in [-0.1, -0.05) is 48.5 Å². The average molecular weight is 513 g/mol. The van der Waals surface area contributed by atoms with E-state index >= 15 is 0 Å². The van der Waals surface area contributed by atoms with Crippen LogP contribution in [0.3, 0.4) is 0 Å². The lowest BCUT2D eigenvalue weighted by Gasteiger charge is -2.12. The number of rotatable bonds is 7. The average Bonchev–Trinajstić information content (AvgIpc) is 3.32. The summed E-state index contributed by atoms with van der Waals surface area (Å²) in [5.41, 5.74) is 1.61. The van der Waals surface area contributed by atoms with Gasteiger partial charge in [0, 0.05) is 22.8 Å². The van der Waals surface area contributed by atoms with Gasteiger partial charge in [-0.25, -0.2) is 13.4 Å². The van der Waals surface area contributed by atoms with Crippen LogP contribution in [0, 0.1) is 6.92 Å². The number of anilines is 2. The van der Waals surface area contributed by atoms with Crippen molar-refractivity contribution in [2.45, 2.75) is 16.7 Å². The lowest BCUT2D eigenvalue weighted by atomic mass is 10.2. The van der Waals surface area contributed by atoms with Crippen LogP contribution in [0.25, 0.3) is 0 Å². The molecule has 34 heavy (non-hydrogen) atoms. The van der Waals surface area contributed by atoms with E-state index in [0.29, 0.717) is 16.8 Å². The summed E-state index contributed by atoms with van der Waals surface area (Å²) in [4.78, 5) is 4.08. The molecule has 8 nitrogen and oxygen atoms in total. The van der Waals surface area contributed by atoms with E-state index in [2.05, 4.69) is 19.4 Å². The summed E-state index contributed by atoms with van der Waals surface area (Å²) in [5, 5.41) is 4.94. The number of hydrogen-bond donors (Lipinski definition) is 2. The van der Waals surface area contributed by atoms with Crippen LogP contribution in [-0.4, -0.2) is 27.7 Å². The first-order chi connectivity index (χ1) is 16.2. The van der Waals surface area contributed by atoms with Crippen LogP contribution in [0.15, 0.2) is 105 Å². The van der Waals surface area contributed by atoms with Gasteiger partial charge >= 0.3 is 0 Å². The summed E-state index contributed by atoms with van der Waals surface area (Å²) in [7, 11) is -7.81. The summed E-state index contributed by atoms with van der Waals surface area (Å²) in [6.07, 6.45) is 1.50. The van der Waals surface area contributed by atoms with Crippen LogP contribution in [0.2, 0.25) is 0 Å². The molecule has 4 aromatic rings. The Balaban J connectivity index is 1.65. The summed E-state index contributed by atoms with van der Waals surface area (Å²) >= 11 is 1.17. The second-order valence-electron chi connectivity index (χ2n) is 7.14. The quantitative estimate of drug-likeness (QED) is 0.278. The number of amidine groups is 1. The van der Waals surface area contributed by atoms with Crippen molar-refractivity contribution in [3.63, 3.8) is 0 Å². The fourth-order valence-corrected chi connectivity index (χ4v) is 6.06. The molecule has 0 radical (unpaired) electrons. The Hall–Kier alpha value is -3.54. The third-order valence-corrected chi connectivity index (χ3v) is 8.32. The SMILES string of the molecule is Cc1ccccc1S(=O)(=O)/N=C(/Nc1ccc(S(=O)(=O)Nc2nccs2)cc1)c1ccccc1. The number of thiazole rings is 1. The van der Waals surface area contributed by atoms with Gasteiger partial charge in [0.2, 0.25) is 0 Å². The minimum Gasteiger partial charge on any atom is -0.339 e. The lowest BCUT2D eigenvalue weighted by molar-refractivity contribution is 0.597. The third kappa shape index (κ3) is 5.50. The Bertz CT molecular complexity index is 1520. The molecule has 1 heterocycles. The van der Waals surface area contributed by atoms with Crippen molar-refractivity contribution < 1.29 is 16.8 Å². The molecule has 0 saturated heterocycles.